The van der Waals surface area contributed by atoms with Gasteiger partial charge in [0.25, 0.3) is 5.78 Å². The largest absolute Gasteiger partial charge is 0.323 e. The lowest BCUT2D eigenvalue weighted by Gasteiger charge is -2.19. The van der Waals surface area contributed by atoms with Crippen LogP contribution in [0, 0.1) is 41.5 Å². The minimum Gasteiger partial charge on any atom is -0.283 e. The van der Waals surface area contributed by atoms with Gasteiger partial charge in [-0.2, -0.15) is 17.8 Å². The summed E-state index contributed by atoms with van der Waals surface area (Å²) in [6, 6.07) is 0. The normalized spacial score (nSPS) is 12.1. The number of nitrogens with zero attached hydrogens (tertiary/aromatic N) is 6. The van der Waals surface area contributed by atoms with Crippen LogP contribution in [0.2, 0.25) is 0 Å². The van der Waals surface area contributed by atoms with Crippen LogP contribution in [-0.2, 0) is 17.3 Å². The zero-order chi connectivity index (χ0) is 23.4. The molecule has 2 heterocycles. The monoisotopic (exact) mass is 444 g/mol. The minimum atomic E-state index is -3.85. The van der Waals surface area contributed by atoms with E-state index in [-0.39, 0.29) is 11.5 Å². The standard InChI is InChI=1S/C21H28N6O3S/c1-11-12(2)14(4)17(15(5)13(11)3)19-16(6)18(23-26(19)9)20(28)21-22-10-27(24-21)31(29,30)25(7)8/h10H,1-9H3. The molecule has 0 saturated carbocycles. The Bertz CT molecular complexity index is 1290. The molecule has 2 aromatic heterocycles. The minimum absolute atomic E-state index is 0.201. The molecule has 0 radical (unpaired) electrons. The van der Waals surface area contributed by atoms with Crippen LogP contribution in [0.15, 0.2) is 6.33 Å². The van der Waals surface area contributed by atoms with Crippen molar-refractivity contribution >= 4 is 16.0 Å². The molecule has 0 aliphatic rings. The van der Waals surface area contributed by atoms with Gasteiger partial charge >= 0.3 is 10.2 Å². The molecule has 0 amide bonds. The molecule has 0 N–H and O–H groups in total. The molecule has 9 nitrogen and oxygen atoms in total. The molecular formula is C21H28N6O3S. The maximum absolute atomic E-state index is 13.1. The maximum atomic E-state index is 13.1. The molecule has 166 valence electrons. The molecule has 1 aromatic carbocycles. The first-order valence-corrected chi connectivity index (χ1v) is 11.2. The fourth-order valence-electron chi connectivity index (χ4n) is 3.79. The van der Waals surface area contributed by atoms with E-state index in [9.17, 15) is 13.2 Å². The molecule has 3 aromatic rings. The summed E-state index contributed by atoms with van der Waals surface area (Å²) in [5, 5.41) is 8.34. The number of rotatable bonds is 5. The summed E-state index contributed by atoms with van der Waals surface area (Å²) < 4.78 is 27.8. The molecule has 0 bridgehead atoms. The molecule has 0 atom stereocenters. The highest BCUT2D eigenvalue weighted by Crippen LogP contribution is 2.36. The van der Waals surface area contributed by atoms with E-state index in [1.54, 1.807) is 11.7 Å². The lowest BCUT2D eigenvalue weighted by molar-refractivity contribution is 0.102. The highest BCUT2D eigenvalue weighted by Gasteiger charge is 2.28. The zero-order valence-corrected chi connectivity index (χ0v) is 20.2. The molecule has 0 aliphatic heterocycles. The van der Waals surface area contributed by atoms with Crippen LogP contribution in [0.5, 0.6) is 0 Å². The Morgan fingerprint density at radius 1 is 0.871 bits per heavy atom. The molecular weight excluding hydrogens is 416 g/mol. The van der Waals surface area contributed by atoms with Crippen molar-refractivity contribution in [1.29, 1.82) is 0 Å². The van der Waals surface area contributed by atoms with Crippen LogP contribution in [0.25, 0.3) is 11.3 Å². The molecule has 10 heteroatoms. The van der Waals surface area contributed by atoms with Crippen LogP contribution in [0.3, 0.4) is 0 Å². The number of aryl methyl sites for hydroxylation is 1. The number of aromatic nitrogens is 5. The van der Waals surface area contributed by atoms with E-state index < -0.39 is 16.0 Å². The molecule has 0 spiro atoms. The Morgan fingerprint density at radius 2 is 1.39 bits per heavy atom. The third-order valence-corrected chi connectivity index (χ3v) is 7.68. The first-order valence-electron chi connectivity index (χ1n) is 9.81. The fraction of sp³-hybridized carbons (Fsp3) is 0.429. The van der Waals surface area contributed by atoms with Crippen molar-refractivity contribution < 1.29 is 13.2 Å². The summed E-state index contributed by atoms with van der Waals surface area (Å²) in [7, 11) is 0.700. The summed E-state index contributed by atoms with van der Waals surface area (Å²) in [6.07, 6.45) is 1.02. The van der Waals surface area contributed by atoms with Crippen LogP contribution >= 0.6 is 0 Å². The van der Waals surface area contributed by atoms with Gasteiger partial charge in [0.05, 0.1) is 5.69 Å². The van der Waals surface area contributed by atoms with Gasteiger partial charge in [-0.1, -0.05) is 0 Å². The van der Waals surface area contributed by atoms with E-state index >= 15 is 0 Å². The highest BCUT2D eigenvalue weighted by atomic mass is 32.2. The Kier molecular flexibility index (Phi) is 5.66. The lowest BCUT2D eigenvalue weighted by Crippen LogP contribution is -2.29. The first-order chi connectivity index (χ1) is 14.3. The van der Waals surface area contributed by atoms with Crippen LogP contribution in [0.4, 0.5) is 0 Å². The second-order valence-corrected chi connectivity index (χ2v) is 10.0. The molecule has 0 saturated heterocycles. The van der Waals surface area contributed by atoms with Crippen LogP contribution in [-0.4, -0.2) is 56.6 Å². The fourth-order valence-corrected chi connectivity index (χ4v) is 4.47. The number of hydrogen-bond acceptors (Lipinski definition) is 6. The van der Waals surface area contributed by atoms with Crippen molar-refractivity contribution in [3.05, 3.63) is 51.2 Å². The van der Waals surface area contributed by atoms with Gasteiger partial charge in [0.15, 0.2) is 0 Å². The highest BCUT2D eigenvalue weighted by molar-refractivity contribution is 7.87. The van der Waals surface area contributed by atoms with E-state index in [1.165, 1.54) is 30.8 Å². The summed E-state index contributed by atoms with van der Waals surface area (Å²) in [5.41, 5.74) is 8.77. The van der Waals surface area contributed by atoms with Crippen molar-refractivity contribution in [3.8, 4) is 11.3 Å². The van der Waals surface area contributed by atoms with E-state index in [0.717, 1.165) is 33.0 Å². The number of carbonyl (C=O) groups is 1. The van der Waals surface area contributed by atoms with Crippen molar-refractivity contribution in [2.24, 2.45) is 7.05 Å². The van der Waals surface area contributed by atoms with E-state index in [1.807, 2.05) is 6.92 Å². The number of benzene rings is 1. The van der Waals surface area contributed by atoms with Gasteiger partial charge in [-0.05, 0) is 69.4 Å². The lowest BCUT2D eigenvalue weighted by atomic mass is 9.87. The van der Waals surface area contributed by atoms with Gasteiger partial charge < -0.3 is 0 Å². The van der Waals surface area contributed by atoms with Gasteiger partial charge in [0, 0.05) is 32.3 Å². The average Bonchev–Trinajstić information content (AvgIpc) is 3.31. The average molecular weight is 445 g/mol. The second-order valence-electron chi connectivity index (χ2n) is 8.01. The molecule has 0 unspecified atom stereocenters. The third-order valence-electron chi connectivity index (χ3n) is 6.11. The first kappa shape index (κ1) is 22.8. The quantitative estimate of drug-likeness (QED) is 0.560. The topological polar surface area (TPSA) is 103 Å². The van der Waals surface area contributed by atoms with Crippen LogP contribution in [0.1, 0.15) is 49.7 Å². The van der Waals surface area contributed by atoms with Crippen molar-refractivity contribution in [2.75, 3.05) is 14.1 Å². The third kappa shape index (κ3) is 3.49. The number of hydrogen-bond donors (Lipinski definition) is 0. The maximum Gasteiger partial charge on any atom is 0.323 e. The van der Waals surface area contributed by atoms with Gasteiger partial charge in [0.1, 0.15) is 12.0 Å². The van der Waals surface area contributed by atoms with Gasteiger partial charge in [-0.25, -0.2) is 4.98 Å². The molecule has 31 heavy (non-hydrogen) atoms. The molecule has 0 fully saturated rings. The number of ketones is 1. The molecule has 0 aliphatic carbocycles. The Morgan fingerprint density at radius 3 is 1.90 bits per heavy atom. The zero-order valence-electron chi connectivity index (χ0n) is 19.4. The van der Waals surface area contributed by atoms with Crippen molar-refractivity contribution in [1.82, 2.24) is 28.3 Å². The van der Waals surface area contributed by atoms with E-state index in [0.29, 0.717) is 9.65 Å². The Balaban J connectivity index is 2.15. The summed E-state index contributed by atoms with van der Waals surface area (Å²) >= 11 is 0. The van der Waals surface area contributed by atoms with Crippen molar-refractivity contribution in [3.63, 3.8) is 0 Å². The smallest absolute Gasteiger partial charge is 0.283 e. The predicted octanol–water partition coefficient (Wildman–Crippen LogP) is 2.41. The van der Waals surface area contributed by atoms with Gasteiger partial charge in [-0.3, -0.25) is 9.48 Å². The Labute approximate surface area is 182 Å². The summed E-state index contributed by atoms with van der Waals surface area (Å²) in [5.74, 6) is -0.745. The summed E-state index contributed by atoms with van der Waals surface area (Å²) in [6.45, 7) is 12.3. The second kappa shape index (κ2) is 7.69. The Hall–Kier alpha value is -2.85. The predicted molar refractivity (Wildman–Crippen MR) is 119 cm³/mol. The SMILES string of the molecule is Cc1c(C)c(C)c(-c2c(C)c(C(=O)c3ncn(S(=O)(=O)N(C)C)n3)nn2C)c(C)c1C. The van der Waals surface area contributed by atoms with Crippen LogP contribution < -0.4 is 0 Å². The summed E-state index contributed by atoms with van der Waals surface area (Å²) in [4.78, 5) is 17.0. The number of carbonyl (C=O) groups excluding carboxylic acids is 1. The molecule has 3 rings (SSSR count). The van der Waals surface area contributed by atoms with Gasteiger partial charge in [-0.15, -0.1) is 9.19 Å². The van der Waals surface area contributed by atoms with E-state index in [2.05, 4.69) is 49.8 Å². The van der Waals surface area contributed by atoms with E-state index in [4.69, 9.17) is 0 Å². The van der Waals surface area contributed by atoms with Crippen molar-refractivity contribution in [2.45, 2.75) is 41.5 Å². The van der Waals surface area contributed by atoms with Gasteiger partial charge in [0.2, 0.25) is 5.82 Å².